The van der Waals surface area contributed by atoms with Crippen LogP contribution in [0, 0.1) is 34.5 Å². The first-order valence-corrected chi connectivity index (χ1v) is 15.8. The molecule has 43 heavy (non-hydrogen) atoms. The zero-order valence-electron chi connectivity index (χ0n) is 23.8. The Hall–Kier alpha value is -4.31. The van der Waals surface area contributed by atoms with E-state index in [0.717, 1.165) is 36.8 Å². The summed E-state index contributed by atoms with van der Waals surface area (Å²) in [4.78, 5) is 48.0. The number of carbonyl (C=O) groups is 3. The van der Waals surface area contributed by atoms with Crippen LogP contribution in [0.5, 0.6) is 0 Å². The number of amides is 2. The Labute approximate surface area is 255 Å². The molecule has 3 aromatic rings. The minimum Gasteiger partial charge on any atom is -0.338 e. The molecule has 3 heterocycles. The Morgan fingerprint density at radius 3 is 1.98 bits per heavy atom. The van der Waals surface area contributed by atoms with Crippen molar-refractivity contribution in [3.63, 3.8) is 0 Å². The highest BCUT2D eigenvalue weighted by atomic mass is 32.1. The Morgan fingerprint density at radius 2 is 1.42 bits per heavy atom. The Balaban J connectivity index is 1.58. The third kappa shape index (κ3) is 5.47. The molecule has 1 N–H and O–H groups in total. The van der Waals surface area contributed by atoms with Crippen molar-refractivity contribution in [2.75, 3.05) is 26.2 Å². The third-order valence-corrected chi connectivity index (χ3v) is 10.1. The molecule has 2 aliphatic heterocycles. The number of Topliss-reactive ketones (excluding diaryl/α,β-unsaturated/α-hetero) is 1. The number of nitrogens with one attached hydrogen (secondary N) is 1. The van der Waals surface area contributed by atoms with E-state index < -0.39 is 23.9 Å². The molecule has 9 heteroatoms. The smallest absolute Gasteiger partial charge is 0.246 e. The molecule has 1 saturated carbocycles. The van der Waals surface area contributed by atoms with Crippen LogP contribution in [0.4, 0.5) is 0 Å². The molecule has 4 unspecified atom stereocenters. The van der Waals surface area contributed by atoms with Gasteiger partial charge in [-0.2, -0.15) is 10.5 Å². The van der Waals surface area contributed by atoms with Crippen LogP contribution >= 0.6 is 11.3 Å². The largest absolute Gasteiger partial charge is 0.338 e. The van der Waals surface area contributed by atoms with E-state index in [-0.39, 0.29) is 23.5 Å². The molecule has 4 atom stereocenters. The SMILES string of the molecule is N#Cc1ccc(C2C(C(=O)c3cccs3)C(c3ccc(C#N)cc3)N(C(=O)C3CCCC3)C2C(=O)N2CCNCC2)cc1. The van der Waals surface area contributed by atoms with Crippen molar-refractivity contribution < 1.29 is 14.4 Å². The summed E-state index contributed by atoms with van der Waals surface area (Å²) >= 11 is 1.35. The van der Waals surface area contributed by atoms with Crippen LogP contribution < -0.4 is 5.32 Å². The van der Waals surface area contributed by atoms with Gasteiger partial charge in [0.25, 0.3) is 0 Å². The molecule has 1 aliphatic carbocycles. The van der Waals surface area contributed by atoms with E-state index in [1.54, 1.807) is 35.2 Å². The monoisotopic (exact) mass is 591 g/mol. The van der Waals surface area contributed by atoms with Gasteiger partial charge in [0.1, 0.15) is 6.04 Å². The summed E-state index contributed by atoms with van der Waals surface area (Å²) in [5, 5.41) is 24.1. The Kier molecular flexibility index (Phi) is 8.38. The summed E-state index contributed by atoms with van der Waals surface area (Å²) in [7, 11) is 0. The van der Waals surface area contributed by atoms with Crippen molar-refractivity contribution >= 4 is 28.9 Å². The second-order valence-electron chi connectivity index (χ2n) is 11.6. The van der Waals surface area contributed by atoms with Crippen molar-refractivity contribution in [1.82, 2.24) is 15.1 Å². The molecule has 2 saturated heterocycles. The summed E-state index contributed by atoms with van der Waals surface area (Å²) < 4.78 is 0. The van der Waals surface area contributed by atoms with Crippen LogP contribution in [0.2, 0.25) is 0 Å². The number of thiophene rings is 1. The van der Waals surface area contributed by atoms with Crippen molar-refractivity contribution in [2.45, 2.75) is 43.7 Å². The van der Waals surface area contributed by atoms with Gasteiger partial charge in [-0.1, -0.05) is 43.2 Å². The molecule has 0 spiro atoms. The van der Waals surface area contributed by atoms with Gasteiger partial charge in [0.2, 0.25) is 11.8 Å². The van der Waals surface area contributed by atoms with Crippen LogP contribution in [0.1, 0.15) is 69.6 Å². The highest BCUT2D eigenvalue weighted by molar-refractivity contribution is 7.12. The number of carbonyl (C=O) groups excluding carboxylic acids is 3. The fourth-order valence-electron chi connectivity index (χ4n) is 7.10. The first-order chi connectivity index (χ1) is 21.0. The zero-order valence-corrected chi connectivity index (χ0v) is 24.6. The first kappa shape index (κ1) is 28.8. The fourth-order valence-corrected chi connectivity index (χ4v) is 7.81. The average molecular weight is 592 g/mol. The lowest BCUT2D eigenvalue weighted by Crippen LogP contribution is -2.55. The number of benzene rings is 2. The number of ketones is 1. The van der Waals surface area contributed by atoms with E-state index in [2.05, 4.69) is 17.5 Å². The van der Waals surface area contributed by atoms with E-state index in [9.17, 15) is 24.9 Å². The van der Waals surface area contributed by atoms with Gasteiger partial charge in [-0.15, -0.1) is 11.3 Å². The van der Waals surface area contributed by atoms with Gasteiger partial charge < -0.3 is 15.1 Å². The number of hydrogen-bond donors (Lipinski definition) is 1. The number of hydrogen-bond acceptors (Lipinski definition) is 7. The van der Waals surface area contributed by atoms with E-state index in [4.69, 9.17) is 0 Å². The lowest BCUT2D eigenvalue weighted by molar-refractivity contribution is -0.148. The van der Waals surface area contributed by atoms with Crippen molar-refractivity contribution in [3.05, 3.63) is 93.2 Å². The average Bonchev–Trinajstić information content (AvgIpc) is 3.85. The Bertz CT molecular complexity index is 1560. The van der Waals surface area contributed by atoms with E-state index in [1.807, 2.05) is 40.6 Å². The molecule has 2 amide bonds. The van der Waals surface area contributed by atoms with Crippen LogP contribution in [0.3, 0.4) is 0 Å². The molecule has 3 aliphatic rings. The normalized spacial score (nSPS) is 24.0. The first-order valence-electron chi connectivity index (χ1n) is 14.9. The summed E-state index contributed by atoms with van der Waals surface area (Å²) in [6.45, 7) is 2.36. The molecular formula is C34H33N5O3S. The number of nitriles is 2. The lowest BCUT2D eigenvalue weighted by Gasteiger charge is -2.37. The van der Waals surface area contributed by atoms with Gasteiger partial charge in [0.05, 0.1) is 40.1 Å². The van der Waals surface area contributed by atoms with Gasteiger partial charge in [0, 0.05) is 38.0 Å². The maximum atomic E-state index is 14.7. The maximum absolute atomic E-state index is 14.7. The van der Waals surface area contributed by atoms with Crippen molar-refractivity contribution in [3.8, 4) is 12.1 Å². The summed E-state index contributed by atoms with van der Waals surface area (Å²) in [5.74, 6) is -1.93. The van der Waals surface area contributed by atoms with Gasteiger partial charge in [-0.3, -0.25) is 14.4 Å². The standard InChI is InChI=1S/C34H33N5O3S/c35-20-22-7-11-24(12-8-22)28-29(32(40)27-6-3-19-43-27)30(25-13-9-23(21-36)10-14-25)39(33(41)26-4-1-2-5-26)31(28)34(42)38-17-15-37-16-18-38/h3,6-14,19,26,28-31,37H,1-2,4-5,15-18H2. The summed E-state index contributed by atoms with van der Waals surface area (Å²) in [6, 6.07) is 20.5. The number of rotatable bonds is 6. The van der Waals surface area contributed by atoms with E-state index >= 15 is 0 Å². The van der Waals surface area contributed by atoms with Gasteiger partial charge >= 0.3 is 0 Å². The molecule has 218 valence electrons. The van der Waals surface area contributed by atoms with Crippen molar-refractivity contribution in [2.24, 2.45) is 11.8 Å². The van der Waals surface area contributed by atoms with Crippen LogP contribution in [-0.4, -0.2) is 59.6 Å². The minimum absolute atomic E-state index is 0.0829. The fraction of sp³-hybridized carbons (Fsp3) is 0.382. The highest BCUT2D eigenvalue weighted by Gasteiger charge is 2.58. The molecule has 0 bridgehead atoms. The predicted molar refractivity (Wildman–Crippen MR) is 162 cm³/mol. The summed E-state index contributed by atoms with van der Waals surface area (Å²) in [6.07, 6.45) is 3.43. The van der Waals surface area contributed by atoms with Gasteiger partial charge in [-0.25, -0.2) is 0 Å². The topological polar surface area (TPSA) is 117 Å². The second-order valence-corrected chi connectivity index (χ2v) is 12.5. The minimum atomic E-state index is -0.895. The van der Waals surface area contributed by atoms with E-state index in [0.29, 0.717) is 42.2 Å². The zero-order chi connectivity index (χ0) is 29.9. The molecule has 2 aromatic carbocycles. The molecule has 3 fully saturated rings. The van der Waals surface area contributed by atoms with Crippen LogP contribution in [0.15, 0.2) is 66.0 Å². The van der Waals surface area contributed by atoms with E-state index in [1.165, 1.54) is 11.3 Å². The van der Waals surface area contributed by atoms with Crippen LogP contribution in [0.25, 0.3) is 0 Å². The lowest BCUT2D eigenvalue weighted by atomic mass is 9.76. The highest BCUT2D eigenvalue weighted by Crippen LogP contribution is 2.53. The molecular weight excluding hydrogens is 558 g/mol. The molecule has 8 nitrogen and oxygen atoms in total. The quantitative estimate of drug-likeness (QED) is 0.417. The third-order valence-electron chi connectivity index (χ3n) is 9.18. The maximum Gasteiger partial charge on any atom is 0.246 e. The summed E-state index contributed by atoms with van der Waals surface area (Å²) in [5.41, 5.74) is 2.45. The second kappa shape index (κ2) is 12.5. The van der Waals surface area contributed by atoms with Gasteiger partial charge in [0.15, 0.2) is 5.78 Å². The number of piperazine rings is 1. The van der Waals surface area contributed by atoms with Crippen LogP contribution in [-0.2, 0) is 9.59 Å². The Morgan fingerprint density at radius 1 is 0.814 bits per heavy atom. The molecule has 6 rings (SSSR count). The number of nitrogens with zero attached hydrogens (tertiary/aromatic N) is 4. The van der Waals surface area contributed by atoms with Gasteiger partial charge in [-0.05, 0) is 59.7 Å². The predicted octanol–water partition coefficient (Wildman–Crippen LogP) is 4.65. The molecule has 0 radical (unpaired) electrons. The molecule has 1 aromatic heterocycles. The number of likely N-dealkylation sites (tertiary alicyclic amines) is 1. The van der Waals surface area contributed by atoms with Crippen molar-refractivity contribution in [1.29, 1.82) is 10.5 Å².